The molecule has 94 valence electrons. The fourth-order valence-corrected chi connectivity index (χ4v) is 2.09. The third-order valence-corrected chi connectivity index (χ3v) is 3.08. The molecule has 0 aliphatic carbocycles. The molecule has 1 heterocycles. The van der Waals surface area contributed by atoms with Crippen LogP contribution in [-0.2, 0) is 0 Å². The average Bonchev–Trinajstić information content (AvgIpc) is 2.55. The van der Waals surface area contributed by atoms with Crippen molar-refractivity contribution >= 4 is 0 Å². The highest BCUT2D eigenvalue weighted by atomic mass is 16.9. The Morgan fingerprint density at radius 1 is 0.941 bits per heavy atom. The van der Waals surface area contributed by atoms with Crippen LogP contribution in [0.1, 0.15) is 25.7 Å². The maximum atomic E-state index is 12.3. The van der Waals surface area contributed by atoms with Gasteiger partial charge in [-0.3, -0.25) is 0 Å². The fraction of sp³-hybridized carbons (Fsp3) is 0.538. The van der Waals surface area contributed by atoms with Crippen molar-refractivity contribution in [3.63, 3.8) is 0 Å². The summed E-state index contributed by atoms with van der Waals surface area (Å²) in [6, 6.07) is 7.17. The molecule has 2 rings (SSSR count). The predicted molar refractivity (Wildman–Crippen MR) is 65.5 cm³/mol. The van der Waals surface area contributed by atoms with Crippen LogP contribution in [0.5, 0.6) is 11.5 Å². The zero-order chi connectivity index (χ0) is 12.1. The van der Waals surface area contributed by atoms with Crippen LogP contribution < -0.4 is 9.57 Å². The van der Waals surface area contributed by atoms with Gasteiger partial charge in [-0.25, -0.2) is 0 Å². The maximum absolute atomic E-state index is 12.3. The van der Waals surface area contributed by atoms with Crippen LogP contribution in [0.3, 0.4) is 0 Å². The lowest BCUT2D eigenvalue weighted by molar-refractivity contribution is -1.04. The van der Waals surface area contributed by atoms with Gasteiger partial charge in [0.2, 0.25) is 0 Å². The Labute approximate surface area is 102 Å². The van der Waals surface area contributed by atoms with E-state index in [1.54, 1.807) is 31.4 Å². The summed E-state index contributed by atoms with van der Waals surface area (Å²) in [6.45, 7) is 1.10. The molecular formula is C13H19NO3. The summed E-state index contributed by atoms with van der Waals surface area (Å²) >= 11 is 0. The molecule has 0 atom stereocenters. The lowest BCUT2D eigenvalue weighted by atomic mass is 10.2. The first-order valence-corrected chi connectivity index (χ1v) is 6.14. The van der Waals surface area contributed by atoms with E-state index in [9.17, 15) is 5.21 Å². The van der Waals surface area contributed by atoms with E-state index in [-0.39, 0.29) is 0 Å². The third kappa shape index (κ3) is 3.35. The van der Waals surface area contributed by atoms with Crippen LogP contribution in [-0.4, -0.2) is 25.0 Å². The van der Waals surface area contributed by atoms with Crippen molar-refractivity contribution in [2.24, 2.45) is 0 Å². The van der Waals surface area contributed by atoms with E-state index >= 15 is 0 Å². The Balaban J connectivity index is 2.02. The number of rotatable bonds is 3. The molecule has 1 saturated heterocycles. The molecule has 17 heavy (non-hydrogen) atoms. The molecule has 1 fully saturated rings. The Morgan fingerprint density at radius 3 is 2.00 bits per heavy atom. The van der Waals surface area contributed by atoms with E-state index in [4.69, 9.17) is 9.57 Å². The molecule has 0 aromatic heterocycles. The van der Waals surface area contributed by atoms with Crippen LogP contribution in [0.15, 0.2) is 24.3 Å². The van der Waals surface area contributed by atoms with E-state index in [1.807, 2.05) is 0 Å². The van der Waals surface area contributed by atoms with Gasteiger partial charge in [0.05, 0.1) is 7.11 Å². The first-order valence-electron chi connectivity index (χ1n) is 6.14. The largest absolute Gasteiger partial charge is 0.589 e. The number of nitrogens with zero attached hydrogens (tertiary/aromatic N) is 1. The summed E-state index contributed by atoms with van der Waals surface area (Å²) in [7, 11) is 1.62. The average molecular weight is 237 g/mol. The number of hydroxylamine groups is 4. The van der Waals surface area contributed by atoms with E-state index in [0.29, 0.717) is 18.8 Å². The van der Waals surface area contributed by atoms with Gasteiger partial charge >= 0.3 is 0 Å². The Morgan fingerprint density at radius 2 is 1.47 bits per heavy atom. The van der Waals surface area contributed by atoms with Gasteiger partial charge in [0.1, 0.15) is 18.8 Å². The van der Waals surface area contributed by atoms with Gasteiger partial charge in [-0.05, 0) is 37.1 Å². The molecule has 1 aliphatic heterocycles. The molecule has 0 N–H and O–H groups in total. The van der Waals surface area contributed by atoms with Crippen LogP contribution in [0.25, 0.3) is 0 Å². The Bertz CT molecular complexity index is 342. The van der Waals surface area contributed by atoms with E-state index < -0.39 is 4.81 Å². The zero-order valence-electron chi connectivity index (χ0n) is 10.2. The Kier molecular flexibility index (Phi) is 3.86. The van der Waals surface area contributed by atoms with Gasteiger partial charge in [0.15, 0.2) is 5.75 Å². The molecule has 4 nitrogen and oxygen atoms in total. The highest BCUT2D eigenvalue weighted by Crippen LogP contribution is 2.23. The molecule has 0 bridgehead atoms. The highest BCUT2D eigenvalue weighted by molar-refractivity contribution is 5.30. The van der Waals surface area contributed by atoms with Crippen molar-refractivity contribution in [3.8, 4) is 11.5 Å². The number of methoxy groups -OCH3 is 1. The van der Waals surface area contributed by atoms with E-state index in [1.165, 1.54) is 0 Å². The van der Waals surface area contributed by atoms with Gasteiger partial charge < -0.3 is 14.8 Å². The van der Waals surface area contributed by atoms with Gasteiger partial charge in [-0.1, -0.05) is 0 Å². The van der Waals surface area contributed by atoms with E-state index in [2.05, 4.69) is 0 Å². The number of ether oxygens (including phenoxy) is 1. The first-order chi connectivity index (χ1) is 8.22. The lowest BCUT2D eigenvalue weighted by Crippen LogP contribution is -2.45. The summed E-state index contributed by atoms with van der Waals surface area (Å²) in [5, 5.41) is 12.3. The number of benzene rings is 1. The van der Waals surface area contributed by atoms with Crippen molar-refractivity contribution in [1.82, 2.24) is 0 Å². The molecule has 0 saturated carbocycles. The lowest BCUT2D eigenvalue weighted by Gasteiger charge is -2.37. The molecule has 1 aromatic carbocycles. The van der Waals surface area contributed by atoms with Crippen molar-refractivity contribution in [2.45, 2.75) is 25.7 Å². The summed E-state index contributed by atoms with van der Waals surface area (Å²) in [6.07, 6.45) is 4.15. The van der Waals surface area contributed by atoms with Crippen molar-refractivity contribution in [2.75, 3.05) is 20.2 Å². The van der Waals surface area contributed by atoms with Crippen LogP contribution >= 0.6 is 0 Å². The highest BCUT2D eigenvalue weighted by Gasteiger charge is 2.22. The second-order valence-corrected chi connectivity index (χ2v) is 4.44. The van der Waals surface area contributed by atoms with Crippen molar-refractivity contribution in [1.29, 1.82) is 0 Å². The number of hydrogen-bond acceptors (Lipinski definition) is 3. The standard InChI is InChI=1S/C13H19NO3/c1-16-12-6-8-13(9-7-12)17-14(15)10-4-2-3-5-11-14/h6-9H,2-5,10-11H2,1H3. The summed E-state index contributed by atoms with van der Waals surface area (Å²) in [5.74, 6) is 1.38. The molecule has 0 amide bonds. The van der Waals surface area contributed by atoms with Crippen LogP contribution in [0, 0.1) is 5.21 Å². The second kappa shape index (κ2) is 5.38. The number of quaternary nitrogens is 1. The van der Waals surface area contributed by atoms with Crippen molar-refractivity contribution in [3.05, 3.63) is 29.5 Å². The van der Waals surface area contributed by atoms with Gasteiger partial charge in [-0.2, -0.15) is 4.81 Å². The monoisotopic (exact) mass is 237 g/mol. The van der Waals surface area contributed by atoms with Crippen LogP contribution in [0.2, 0.25) is 0 Å². The SMILES string of the molecule is COc1ccc(O[N+]2([O-])CCCCCC2)cc1. The smallest absolute Gasteiger partial charge is 0.190 e. The molecule has 0 spiro atoms. The van der Waals surface area contributed by atoms with Gasteiger partial charge in [0, 0.05) is 12.8 Å². The predicted octanol–water partition coefficient (Wildman–Crippen LogP) is 2.88. The molecule has 1 aliphatic rings. The molecule has 0 unspecified atom stereocenters. The molecule has 1 aromatic rings. The summed E-state index contributed by atoms with van der Waals surface area (Å²) in [4.78, 5) is 5.00. The second-order valence-electron chi connectivity index (χ2n) is 4.44. The minimum absolute atomic E-state index is 0.548. The fourth-order valence-electron chi connectivity index (χ4n) is 2.09. The minimum atomic E-state index is -0.549. The number of hydrogen-bond donors (Lipinski definition) is 0. The topological polar surface area (TPSA) is 41.5 Å². The third-order valence-electron chi connectivity index (χ3n) is 3.08. The maximum Gasteiger partial charge on any atom is 0.190 e. The van der Waals surface area contributed by atoms with Crippen molar-refractivity contribution < 1.29 is 14.4 Å². The summed E-state index contributed by atoms with van der Waals surface area (Å²) < 4.78 is 5.07. The molecular weight excluding hydrogens is 218 g/mol. The zero-order valence-corrected chi connectivity index (χ0v) is 10.2. The van der Waals surface area contributed by atoms with Crippen LogP contribution in [0.4, 0.5) is 0 Å². The molecule has 0 radical (unpaired) electrons. The quantitative estimate of drug-likeness (QED) is 0.599. The van der Waals surface area contributed by atoms with Gasteiger partial charge in [0.25, 0.3) is 0 Å². The summed E-state index contributed by atoms with van der Waals surface area (Å²) in [5.41, 5.74) is 0. The molecule has 4 heteroatoms. The minimum Gasteiger partial charge on any atom is -0.589 e. The Hall–Kier alpha value is -1.26. The first kappa shape index (κ1) is 12.2. The van der Waals surface area contributed by atoms with Gasteiger partial charge in [-0.15, -0.1) is 0 Å². The normalized spacial score (nSPS) is 19.4. The van der Waals surface area contributed by atoms with E-state index in [0.717, 1.165) is 31.4 Å².